The minimum absolute atomic E-state index is 0. The van der Waals surface area contributed by atoms with E-state index in [-0.39, 0.29) is 43.1 Å². The molecule has 1 unspecified atom stereocenters. The predicted octanol–water partition coefficient (Wildman–Crippen LogP) is 0.905. The summed E-state index contributed by atoms with van der Waals surface area (Å²) < 4.78 is 0. The Kier molecular flexibility index (Phi) is 11.6. The minimum Gasteiger partial charge on any atom is -0.398 e. The van der Waals surface area contributed by atoms with Gasteiger partial charge in [-0.3, -0.25) is 14.7 Å². The zero-order valence-corrected chi connectivity index (χ0v) is 15.1. The van der Waals surface area contributed by atoms with Crippen molar-refractivity contribution in [2.45, 2.75) is 6.04 Å². The van der Waals surface area contributed by atoms with Crippen LogP contribution in [0.3, 0.4) is 0 Å². The number of halogens is 3. The molecule has 0 saturated carbocycles. The fourth-order valence-electron chi connectivity index (χ4n) is 2.22. The molecule has 1 atom stereocenters. The standard InChI is InChI=1S/C13H21N5O.3ClH/c1-17-5-6-18(2)10(9-17)7-16-13(19)11-8-15-4-3-12(11)14;;;/h3-4,8,10H,5-7,9H2,1-2H3,(H2,14,15)(H,16,19);3*1H. The average Bonchev–Trinajstić information content (AvgIpc) is 2.40. The molecule has 1 aromatic heterocycles. The molecule has 128 valence electrons. The van der Waals surface area contributed by atoms with Gasteiger partial charge in [0.1, 0.15) is 0 Å². The molecule has 6 nitrogen and oxygen atoms in total. The van der Waals surface area contributed by atoms with Gasteiger partial charge in [0.2, 0.25) is 0 Å². The number of hydrogen-bond donors (Lipinski definition) is 2. The molecule has 0 radical (unpaired) electrons. The van der Waals surface area contributed by atoms with Crippen molar-refractivity contribution in [1.29, 1.82) is 0 Å². The molecule has 1 aliphatic rings. The third-order valence-corrected chi connectivity index (χ3v) is 3.58. The maximum absolute atomic E-state index is 12.0. The number of piperazine rings is 1. The first-order valence-corrected chi connectivity index (χ1v) is 6.44. The first-order valence-electron chi connectivity index (χ1n) is 6.44. The predicted molar refractivity (Wildman–Crippen MR) is 96.6 cm³/mol. The summed E-state index contributed by atoms with van der Waals surface area (Å²) in [6.07, 6.45) is 3.08. The van der Waals surface area contributed by atoms with Gasteiger partial charge < -0.3 is 16.0 Å². The quantitative estimate of drug-likeness (QED) is 0.825. The van der Waals surface area contributed by atoms with Crippen LogP contribution in [0.2, 0.25) is 0 Å². The second-order valence-electron chi connectivity index (χ2n) is 5.07. The highest BCUT2D eigenvalue weighted by Gasteiger charge is 2.22. The van der Waals surface area contributed by atoms with Crippen LogP contribution in [0.1, 0.15) is 10.4 Å². The van der Waals surface area contributed by atoms with Crippen molar-refractivity contribution in [3.63, 3.8) is 0 Å². The smallest absolute Gasteiger partial charge is 0.255 e. The molecule has 1 fully saturated rings. The summed E-state index contributed by atoms with van der Waals surface area (Å²) in [5.74, 6) is -0.160. The van der Waals surface area contributed by atoms with Gasteiger partial charge in [-0.15, -0.1) is 37.2 Å². The molecule has 1 saturated heterocycles. The van der Waals surface area contributed by atoms with Crippen LogP contribution in [-0.2, 0) is 0 Å². The van der Waals surface area contributed by atoms with Gasteiger partial charge in [-0.1, -0.05) is 0 Å². The summed E-state index contributed by atoms with van der Waals surface area (Å²) in [5, 5.41) is 2.93. The lowest BCUT2D eigenvalue weighted by Crippen LogP contribution is -2.54. The zero-order valence-electron chi connectivity index (χ0n) is 12.7. The summed E-state index contributed by atoms with van der Waals surface area (Å²) in [7, 11) is 4.18. The molecule has 1 amide bonds. The third kappa shape index (κ3) is 6.14. The van der Waals surface area contributed by atoms with Gasteiger partial charge in [0.25, 0.3) is 5.91 Å². The maximum Gasteiger partial charge on any atom is 0.255 e. The highest BCUT2D eigenvalue weighted by molar-refractivity contribution is 5.98. The lowest BCUT2D eigenvalue weighted by atomic mass is 10.1. The topological polar surface area (TPSA) is 74.5 Å². The zero-order chi connectivity index (χ0) is 13.8. The third-order valence-electron chi connectivity index (χ3n) is 3.58. The van der Waals surface area contributed by atoms with E-state index in [9.17, 15) is 4.79 Å². The fraction of sp³-hybridized carbons (Fsp3) is 0.538. The number of anilines is 1. The Labute approximate surface area is 150 Å². The largest absolute Gasteiger partial charge is 0.398 e. The molecule has 1 aromatic rings. The van der Waals surface area contributed by atoms with Crippen LogP contribution in [0.4, 0.5) is 5.69 Å². The first-order chi connectivity index (χ1) is 9.08. The fourth-order valence-corrected chi connectivity index (χ4v) is 2.22. The molecule has 1 aliphatic heterocycles. The number of rotatable bonds is 3. The van der Waals surface area contributed by atoms with Crippen LogP contribution < -0.4 is 11.1 Å². The number of pyridine rings is 1. The van der Waals surface area contributed by atoms with Gasteiger partial charge in [0.05, 0.1) is 5.56 Å². The van der Waals surface area contributed by atoms with Gasteiger partial charge in [0.15, 0.2) is 0 Å². The monoisotopic (exact) mass is 371 g/mol. The number of amides is 1. The van der Waals surface area contributed by atoms with Crippen LogP contribution in [-0.4, -0.2) is 67.0 Å². The van der Waals surface area contributed by atoms with Crippen LogP contribution in [0.25, 0.3) is 0 Å². The van der Waals surface area contributed by atoms with E-state index >= 15 is 0 Å². The average molecular weight is 373 g/mol. The number of carbonyl (C=O) groups excluding carboxylic acids is 1. The summed E-state index contributed by atoms with van der Waals surface area (Å²) in [4.78, 5) is 20.5. The molecule has 0 aliphatic carbocycles. The van der Waals surface area contributed by atoms with E-state index in [0.717, 1.165) is 19.6 Å². The molecule has 22 heavy (non-hydrogen) atoms. The number of aromatic nitrogens is 1. The number of nitrogens with two attached hydrogens (primary N) is 1. The van der Waals surface area contributed by atoms with Crippen LogP contribution in [0.15, 0.2) is 18.5 Å². The summed E-state index contributed by atoms with van der Waals surface area (Å²) in [6.45, 7) is 3.66. The number of nitrogens with zero attached hydrogens (tertiary/aromatic N) is 3. The van der Waals surface area contributed by atoms with Gasteiger partial charge in [0, 0.05) is 50.3 Å². The molecule has 2 heterocycles. The number of carbonyl (C=O) groups is 1. The lowest BCUT2D eigenvalue weighted by Gasteiger charge is -2.37. The Bertz CT molecular complexity index is 463. The molecule has 2 rings (SSSR count). The number of nitrogens with one attached hydrogen (secondary N) is 1. The van der Waals surface area contributed by atoms with Gasteiger partial charge in [-0.05, 0) is 20.2 Å². The van der Waals surface area contributed by atoms with Crippen molar-refractivity contribution in [1.82, 2.24) is 20.1 Å². The summed E-state index contributed by atoms with van der Waals surface area (Å²) >= 11 is 0. The Morgan fingerprint density at radius 2 is 2.05 bits per heavy atom. The molecule has 0 spiro atoms. The van der Waals surface area contributed by atoms with E-state index in [0.29, 0.717) is 23.8 Å². The Hall–Kier alpha value is -0.790. The highest BCUT2D eigenvalue weighted by atomic mass is 35.5. The molecular formula is C13H24Cl3N5O. The second kappa shape index (κ2) is 10.9. The van der Waals surface area contributed by atoms with Crippen molar-refractivity contribution >= 4 is 48.8 Å². The van der Waals surface area contributed by atoms with Gasteiger partial charge in [-0.25, -0.2) is 0 Å². The second-order valence-corrected chi connectivity index (χ2v) is 5.07. The first kappa shape index (κ1) is 23.5. The van der Waals surface area contributed by atoms with Gasteiger partial charge in [-0.2, -0.15) is 0 Å². The normalized spacial score (nSPS) is 18.4. The maximum atomic E-state index is 12.0. The molecular weight excluding hydrogens is 349 g/mol. The van der Waals surface area contributed by atoms with E-state index in [1.54, 1.807) is 12.3 Å². The van der Waals surface area contributed by atoms with Crippen molar-refractivity contribution in [3.05, 3.63) is 24.0 Å². The number of nitrogen functional groups attached to an aromatic ring is 1. The van der Waals surface area contributed by atoms with E-state index < -0.39 is 0 Å². The number of hydrogen-bond acceptors (Lipinski definition) is 5. The Morgan fingerprint density at radius 3 is 2.68 bits per heavy atom. The van der Waals surface area contributed by atoms with E-state index in [4.69, 9.17) is 5.73 Å². The summed E-state index contributed by atoms with van der Waals surface area (Å²) in [6, 6.07) is 1.97. The van der Waals surface area contributed by atoms with Crippen LogP contribution >= 0.6 is 37.2 Å². The van der Waals surface area contributed by atoms with E-state index in [1.165, 1.54) is 6.20 Å². The van der Waals surface area contributed by atoms with E-state index in [2.05, 4.69) is 34.2 Å². The highest BCUT2D eigenvalue weighted by Crippen LogP contribution is 2.09. The van der Waals surface area contributed by atoms with Crippen molar-refractivity contribution < 1.29 is 4.79 Å². The van der Waals surface area contributed by atoms with Crippen LogP contribution in [0, 0.1) is 0 Å². The minimum atomic E-state index is -0.160. The molecule has 0 bridgehead atoms. The van der Waals surface area contributed by atoms with Gasteiger partial charge >= 0.3 is 0 Å². The number of likely N-dealkylation sites (N-methyl/N-ethyl adjacent to an activating group) is 2. The lowest BCUT2D eigenvalue weighted by molar-refractivity contribution is 0.0881. The summed E-state index contributed by atoms with van der Waals surface area (Å²) in [5.41, 5.74) is 6.66. The Morgan fingerprint density at radius 1 is 1.36 bits per heavy atom. The van der Waals surface area contributed by atoms with Crippen molar-refractivity contribution in [2.24, 2.45) is 0 Å². The molecule has 9 heteroatoms. The SMILES string of the molecule is CN1CCN(C)C(CNC(=O)c2cnccc2N)C1.Cl.Cl.Cl. The Balaban J connectivity index is 0. The van der Waals surface area contributed by atoms with Crippen molar-refractivity contribution in [3.8, 4) is 0 Å². The van der Waals surface area contributed by atoms with E-state index in [1.807, 2.05) is 0 Å². The van der Waals surface area contributed by atoms with Crippen molar-refractivity contribution in [2.75, 3.05) is 46.0 Å². The van der Waals surface area contributed by atoms with Crippen LogP contribution in [0.5, 0.6) is 0 Å². The molecule has 3 N–H and O–H groups in total. The molecule has 0 aromatic carbocycles.